The summed E-state index contributed by atoms with van der Waals surface area (Å²) < 4.78 is 5.79. The van der Waals surface area contributed by atoms with E-state index in [9.17, 15) is 14.4 Å². The standard InChI is InChI=1S/C29H32N4O5/c30-27(34)19-33(18-21-6-8-22(9-7-21)29(36)37)24-14-16-32(17-15-24)20-28(35)31-23-10-12-26(13-11-23)38-25-4-2-1-3-5-25/h1-13,24H,14-20H2,(H2,30,34)(H,31,35)(H,36,37). The number of rotatable bonds is 11. The van der Waals surface area contributed by atoms with Crippen molar-refractivity contribution in [3.8, 4) is 11.5 Å². The number of hydrogen-bond donors (Lipinski definition) is 3. The molecule has 2 amide bonds. The molecule has 3 aromatic carbocycles. The lowest BCUT2D eigenvalue weighted by atomic mass is 10.0. The number of carbonyl (C=O) groups is 3. The summed E-state index contributed by atoms with van der Waals surface area (Å²) in [5, 5.41) is 12.0. The van der Waals surface area contributed by atoms with Crippen LogP contribution >= 0.6 is 0 Å². The van der Waals surface area contributed by atoms with Gasteiger partial charge < -0.3 is 20.9 Å². The van der Waals surface area contributed by atoms with Gasteiger partial charge in [0.1, 0.15) is 11.5 Å². The summed E-state index contributed by atoms with van der Waals surface area (Å²) in [5.41, 5.74) is 7.34. The van der Waals surface area contributed by atoms with Crippen LogP contribution in [0.1, 0.15) is 28.8 Å². The molecule has 9 heteroatoms. The van der Waals surface area contributed by atoms with Gasteiger partial charge in [-0.15, -0.1) is 0 Å². The number of ether oxygens (including phenoxy) is 1. The van der Waals surface area contributed by atoms with E-state index < -0.39 is 11.9 Å². The fourth-order valence-corrected chi connectivity index (χ4v) is 4.58. The number of anilines is 1. The molecule has 9 nitrogen and oxygen atoms in total. The Bertz CT molecular complexity index is 1220. The van der Waals surface area contributed by atoms with E-state index >= 15 is 0 Å². The molecular weight excluding hydrogens is 484 g/mol. The molecule has 0 unspecified atom stereocenters. The minimum Gasteiger partial charge on any atom is -0.478 e. The number of hydrogen-bond acceptors (Lipinski definition) is 6. The number of nitrogens with zero attached hydrogens (tertiary/aromatic N) is 2. The largest absolute Gasteiger partial charge is 0.478 e. The Morgan fingerprint density at radius 3 is 2.16 bits per heavy atom. The molecule has 0 saturated carbocycles. The van der Waals surface area contributed by atoms with Crippen molar-refractivity contribution in [3.63, 3.8) is 0 Å². The average molecular weight is 517 g/mol. The van der Waals surface area contributed by atoms with Crippen molar-refractivity contribution in [1.82, 2.24) is 9.80 Å². The number of para-hydroxylation sites is 1. The maximum atomic E-state index is 12.6. The number of primary amides is 1. The Morgan fingerprint density at radius 1 is 0.921 bits per heavy atom. The number of likely N-dealkylation sites (tertiary alicyclic amines) is 1. The first kappa shape index (κ1) is 26.8. The minimum atomic E-state index is -0.976. The van der Waals surface area contributed by atoms with Crippen LogP contribution in [0.25, 0.3) is 0 Å². The number of carboxylic acids is 1. The quantitative estimate of drug-likeness (QED) is 0.356. The van der Waals surface area contributed by atoms with Gasteiger partial charge in [-0.25, -0.2) is 4.79 Å². The van der Waals surface area contributed by atoms with Crippen LogP contribution in [-0.4, -0.2) is 64.9 Å². The molecule has 3 aromatic rings. The molecule has 0 spiro atoms. The highest BCUT2D eigenvalue weighted by atomic mass is 16.5. The molecule has 1 aliphatic rings. The number of piperidine rings is 1. The predicted octanol–water partition coefficient (Wildman–Crippen LogP) is 3.57. The SMILES string of the molecule is NC(=O)CN(Cc1ccc(C(=O)O)cc1)C1CCN(CC(=O)Nc2ccc(Oc3ccccc3)cc2)CC1. The first-order chi connectivity index (χ1) is 18.4. The zero-order valence-electron chi connectivity index (χ0n) is 21.1. The third-order valence-corrected chi connectivity index (χ3v) is 6.50. The van der Waals surface area contributed by atoms with Crippen LogP contribution in [0.5, 0.6) is 11.5 Å². The Balaban J connectivity index is 1.25. The molecule has 1 saturated heterocycles. The summed E-state index contributed by atoms with van der Waals surface area (Å²) in [6.07, 6.45) is 1.58. The minimum absolute atomic E-state index is 0.0901. The summed E-state index contributed by atoms with van der Waals surface area (Å²) in [7, 11) is 0. The summed E-state index contributed by atoms with van der Waals surface area (Å²) in [6.45, 7) is 2.33. The fourth-order valence-electron chi connectivity index (χ4n) is 4.58. The van der Waals surface area contributed by atoms with Crippen molar-refractivity contribution in [1.29, 1.82) is 0 Å². The number of carboxylic acid groups (broad SMARTS) is 1. The number of carbonyl (C=O) groups excluding carboxylic acids is 2. The summed E-state index contributed by atoms with van der Waals surface area (Å²) in [5.74, 6) is -0.0364. The van der Waals surface area contributed by atoms with E-state index in [1.807, 2.05) is 59.5 Å². The predicted molar refractivity (Wildman–Crippen MR) is 144 cm³/mol. The molecular formula is C29H32N4O5. The Kier molecular flexibility index (Phi) is 9.07. The van der Waals surface area contributed by atoms with Gasteiger partial charge in [-0.2, -0.15) is 0 Å². The molecule has 4 rings (SSSR count). The van der Waals surface area contributed by atoms with E-state index in [2.05, 4.69) is 10.2 Å². The highest BCUT2D eigenvalue weighted by molar-refractivity contribution is 5.92. The molecule has 1 aliphatic heterocycles. The molecule has 0 bridgehead atoms. The molecule has 198 valence electrons. The molecule has 1 heterocycles. The molecule has 0 aromatic heterocycles. The first-order valence-corrected chi connectivity index (χ1v) is 12.6. The smallest absolute Gasteiger partial charge is 0.335 e. The number of nitrogens with two attached hydrogens (primary N) is 1. The average Bonchev–Trinajstić information content (AvgIpc) is 2.90. The van der Waals surface area contributed by atoms with Crippen molar-refractivity contribution < 1.29 is 24.2 Å². The third-order valence-electron chi connectivity index (χ3n) is 6.50. The van der Waals surface area contributed by atoms with Crippen molar-refractivity contribution in [3.05, 3.63) is 90.0 Å². The van der Waals surface area contributed by atoms with E-state index in [4.69, 9.17) is 15.6 Å². The Morgan fingerprint density at radius 2 is 1.55 bits per heavy atom. The van der Waals surface area contributed by atoms with Crippen LogP contribution in [0.15, 0.2) is 78.9 Å². The third kappa shape index (κ3) is 7.89. The fraction of sp³-hybridized carbons (Fsp3) is 0.276. The lowest BCUT2D eigenvalue weighted by Crippen LogP contribution is -2.48. The van der Waals surface area contributed by atoms with Crippen LogP contribution in [0, 0.1) is 0 Å². The second kappa shape index (κ2) is 12.8. The van der Waals surface area contributed by atoms with E-state index in [0.717, 1.165) is 37.2 Å². The Labute approximate surface area is 221 Å². The monoisotopic (exact) mass is 516 g/mol. The van der Waals surface area contributed by atoms with Crippen LogP contribution in [0.4, 0.5) is 5.69 Å². The van der Waals surface area contributed by atoms with Gasteiger partial charge in [-0.1, -0.05) is 30.3 Å². The molecule has 1 fully saturated rings. The zero-order valence-corrected chi connectivity index (χ0v) is 21.1. The van der Waals surface area contributed by atoms with Crippen molar-refractivity contribution in [2.45, 2.75) is 25.4 Å². The normalized spacial score (nSPS) is 14.2. The van der Waals surface area contributed by atoms with Crippen LogP contribution in [0.3, 0.4) is 0 Å². The van der Waals surface area contributed by atoms with E-state index in [1.165, 1.54) is 0 Å². The van der Waals surface area contributed by atoms with Crippen molar-refractivity contribution in [2.75, 3.05) is 31.5 Å². The van der Waals surface area contributed by atoms with Gasteiger partial charge in [0.15, 0.2) is 0 Å². The molecule has 0 aliphatic carbocycles. The van der Waals surface area contributed by atoms with Crippen molar-refractivity contribution in [2.24, 2.45) is 5.73 Å². The highest BCUT2D eigenvalue weighted by Crippen LogP contribution is 2.23. The van der Waals surface area contributed by atoms with Gasteiger partial charge in [0.05, 0.1) is 18.7 Å². The van der Waals surface area contributed by atoms with Crippen LogP contribution < -0.4 is 15.8 Å². The van der Waals surface area contributed by atoms with Crippen molar-refractivity contribution >= 4 is 23.5 Å². The lowest BCUT2D eigenvalue weighted by molar-refractivity contribution is -0.120. The molecule has 4 N–H and O–H groups in total. The van der Waals surface area contributed by atoms with Crippen LogP contribution in [0.2, 0.25) is 0 Å². The topological polar surface area (TPSA) is 125 Å². The van der Waals surface area contributed by atoms with Gasteiger partial charge in [-0.3, -0.25) is 19.4 Å². The maximum Gasteiger partial charge on any atom is 0.335 e. The molecule has 38 heavy (non-hydrogen) atoms. The zero-order chi connectivity index (χ0) is 26.9. The van der Waals surface area contributed by atoms with E-state index in [0.29, 0.717) is 18.0 Å². The molecule has 0 atom stereocenters. The Hall–Kier alpha value is -4.21. The first-order valence-electron chi connectivity index (χ1n) is 12.6. The van der Waals surface area contributed by atoms with Crippen LogP contribution in [-0.2, 0) is 16.1 Å². The summed E-state index contributed by atoms with van der Waals surface area (Å²) in [6, 6.07) is 23.5. The van der Waals surface area contributed by atoms with Gasteiger partial charge >= 0.3 is 5.97 Å². The van der Waals surface area contributed by atoms with E-state index in [1.54, 1.807) is 24.3 Å². The lowest BCUT2D eigenvalue weighted by Gasteiger charge is -2.38. The maximum absolute atomic E-state index is 12.6. The summed E-state index contributed by atoms with van der Waals surface area (Å²) in [4.78, 5) is 39.6. The number of amides is 2. The van der Waals surface area contributed by atoms with Gasteiger partial charge in [0, 0.05) is 31.4 Å². The highest BCUT2D eigenvalue weighted by Gasteiger charge is 2.26. The van der Waals surface area contributed by atoms with Gasteiger partial charge in [0.25, 0.3) is 0 Å². The summed E-state index contributed by atoms with van der Waals surface area (Å²) >= 11 is 0. The van der Waals surface area contributed by atoms with Gasteiger partial charge in [0.2, 0.25) is 11.8 Å². The molecule has 0 radical (unpaired) electrons. The number of benzene rings is 3. The second-order valence-electron chi connectivity index (χ2n) is 9.37. The van der Waals surface area contributed by atoms with Gasteiger partial charge in [-0.05, 0) is 66.9 Å². The number of aromatic carboxylic acids is 1. The number of nitrogens with one attached hydrogen (secondary N) is 1. The second-order valence-corrected chi connectivity index (χ2v) is 9.37. The van der Waals surface area contributed by atoms with E-state index in [-0.39, 0.29) is 30.6 Å².